The maximum atomic E-state index is 12.2. The van der Waals surface area contributed by atoms with Crippen LogP contribution in [0.1, 0.15) is 42.5 Å². The van der Waals surface area contributed by atoms with Gasteiger partial charge in [-0.3, -0.25) is 9.59 Å². The van der Waals surface area contributed by atoms with Crippen LogP contribution in [-0.4, -0.2) is 48.0 Å². The fourth-order valence-electron chi connectivity index (χ4n) is 3.87. The number of aromatic nitrogens is 2. The number of hydrogen-bond donors (Lipinski definition) is 4. The number of piperidine rings is 1. The highest BCUT2D eigenvalue weighted by molar-refractivity contribution is 5.97. The number of hydrogen-bond acceptors (Lipinski definition) is 7. The number of nitrogens with zero attached hydrogens (tertiary/aromatic N) is 3. The van der Waals surface area contributed by atoms with Gasteiger partial charge >= 0.3 is 0 Å². The maximum absolute atomic E-state index is 12.2. The summed E-state index contributed by atoms with van der Waals surface area (Å²) in [7, 11) is 1.68. The van der Waals surface area contributed by atoms with E-state index < -0.39 is 5.91 Å². The fraction of sp³-hybridized carbons (Fsp3) is 0.455. The molecule has 1 saturated carbocycles. The van der Waals surface area contributed by atoms with E-state index in [2.05, 4.69) is 30.8 Å². The molecule has 2 heterocycles. The minimum Gasteiger partial charge on any atom is -0.369 e. The molecule has 1 aromatic heterocycles. The Morgan fingerprint density at radius 3 is 2.61 bits per heavy atom. The van der Waals surface area contributed by atoms with Gasteiger partial charge in [-0.05, 0) is 62.3 Å². The molecule has 2 aromatic rings. The zero-order valence-electron chi connectivity index (χ0n) is 17.7. The Morgan fingerprint density at radius 1 is 1.16 bits per heavy atom. The Kier molecular flexibility index (Phi) is 6.20. The van der Waals surface area contributed by atoms with Gasteiger partial charge in [-0.25, -0.2) is 4.98 Å². The van der Waals surface area contributed by atoms with E-state index in [1.54, 1.807) is 7.05 Å². The Bertz CT molecular complexity index is 943. The highest BCUT2D eigenvalue weighted by Crippen LogP contribution is 2.30. The Hall–Kier alpha value is -3.36. The third-order valence-electron chi connectivity index (χ3n) is 5.82. The minimum absolute atomic E-state index is 0.0519. The van der Waals surface area contributed by atoms with Crippen molar-refractivity contribution in [1.29, 1.82) is 0 Å². The number of carbonyl (C=O) groups is 2. The molecule has 1 unspecified atom stereocenters. The Labute approximate surface area is 181 Å². The molecule has 2 aliphatic rings. The van der Waals surface area contributed by atoms with E-state index in [0.29, 0.717) is 17.7 Å². The van der Waals surface area contributed by atoms with Crippen molar-refractivity contribution in [1.82, 2.24) is 15.3 Å². The largest absolute Gasteiger partial charge is 0.369 e. The number of carbonyl (C=O) groups excluding carboxylic acids is 2. The van der Waals surface area contributed by atoms with Crippen molar-refractivity contribution in [2.24, 2.45) is 11.7 Å². The van der Waals surface area contributed by atoms with Gasteiger partial charge in [0, 0.05) is 37.7 Å². The molecule has 0 radical (unpaired) electrons. The predicted octanol–water partition coefficient (Wildman–Crippen LogP) is 2.25. The van der Waals surface area contributed by atoms with Gasteiger partial charge in [0.05, 0.1) is 5.56 Å². The van der Waals surface area contributed by atoms with Gasteiger partial charge in [0.25, 0.3) is 5.91 Å². The molecular weight excluding hydrogens is 394 g/mol. The first-order valence-electron chi connectivity index (χ1n) is 10.8. The van der Waals surface area contributed by atoms with Gasteiger partial charge in [-0.15, -0.1) is 0 Å². The van der Waals surface area contributed by atoms with Crippen LogP contribution < -0.4 is 26.6 Å². The average Bonchev–Trinajstić information content (AvgIpc) is 3.62. The smallest absolute Gasteiger partial charge is 0.254 e. The van der Waals surface area contributed by atoms with Crippen LogP contribution in [0.5, 0.6) is 0 Å². The lowest BCUT2D eigenvalue weighted by atomic mass is 10.0. The van der Waals surface area contributed by atoms with Gasteiger partial charge < -0.3 is 26.6 Å². The molecule has 1 aliphatic carbocycles. The highest BCUT2D eigenvalue weighted by Gasteiger charge is 2.28. The first-order chi connectivity index (χ1) is 15.0. The van der Waals surface area contributed by atoms with Crippen LogP contribution in [0.4, 0.5) is 23.1 Å². The van der Waals surface area contributed by atoms with E-state index in [9.17, 15) is 9.59 Å². The number of benzene rings is 1. The zero-order chi connectivity index (χ0) is 21.8. The molecule has 31 heavy (non-hydrogen) atoms. The molecule has 0 spiro atoms. The summed E-state index contributed by atoms with van der Waals surface area (Å²) < 4.78 is 0. The summed E-state index contributed by atoms with van der Waals surface area (Å²) >= 11 is 0. The van der Waals surface area contributed by atoms with Gasteiger partial charge in [0.15, 0.2) is 0 Å². The number of amides is 2. The first kappa shape index (κ1) is 20.9. The van der Waals surface area contributed by atoms with Gasteiger partial charge in [-0.1, -0.05) is 0 Å². The van der Waals surface area contributed by atoms with Crippen molar-refractivity contribution in [3.8, 4) is 0 Å². The third kappa shape index (κ3) is 5.04. The highest BCUT2D eigenvalue weighted by atomic mass is 16.2. The van der Waals surface area contributed by atoms with Crippen molar-refractivity contribution < 1.29 is 9.59 Å². The SMILES string of the molecule is CNC(=O)C1CCCCN1c1ccc(Nc2ncc(C(N)=O)c(NCC3CC3)n2)cc1. The molecule has 1 aromatic carbocycles. The molecule has 4 rings (SSSR count). The van der Waals surface area contributed by atoms with Gasteiger partial charge in [0.2, 0.25) is 11.9 Å². The van der Waals surface area contributed by atoms with Crippen molar-refractivity contribution in [3.63, 3.8) is 0 Å². The average molecular weight is 424 g/mol. The maximum Gasteiger partial charge on any atom is 0.254 e. The molecule has 5 N–H and O–H groups in total. The van der Waals surface area contributed by atoms with E-state index in [-0.39, 0.29) is 17.5 Å². The predicted molar refractivity (Wildman–Crippen MR) is 121 cm³/mol. The molecule has 1 aliphatic heterocycles. The number of likely N-dealkylation sites (N-methyl/N-ethyl adjacent to an activating group) is 1. The second-order valence-corrected chi connectivity index (χ2v) is 8.14. The van der Waals surface area contributed by atoms with E-state index in [4.69, 9.17) is 5.73 Å². The van der Waals surface area contributed by atoms with Crippen molar-refractivity contribution in [2.75, 3.05) is 35.7 Å². The zero-order valence-corrected chi connectivity index (χ0v) is 17.7. The van der Waals surface area contributed by atoms with Crippen LogP contribution >= 0.6 is 0 Å². The van der Waals surface area contributed by atoms with Gasteiger partial charge in [0.1, 0.15) is 11.9 Å². The standard InChI is InChI=1S/C22H29N7O2/c1-24-21(31)18-4-2-3-11-29(18)16-9-7-15(8-10-16)27-22-26-13-17(19(23)30)20(28-22)25-12-14-5-6-14/h7-10,13-14,18H,2-6,11-12H2,1H3,(H2,23,30)(H,24,31)(H2,25,26,27,28). The lowest BCUT2D eigenvalue weighted by Gasteiger charge is -2.36. The molecular formula is C22H29N7O2. The third-order valence-corrected chi connectivity index (χ3v) is 5.82. The monoisotopic (exact) mass is 423 g/mol. The molecule has 2 fully saturated rings. The van der Waals surface area contributed by atoms with Crippen molar-refractivity contribution in [3.05, 3.63) is 36.0 Å². The van der Waals surface area contributed by atoms with Crippen LogP contribution in [0.2, 0.25) is 0 Å². The minimum atomic E-state index is -0.554. The van der Waals surface area contributed by atoms with Crippen molar-refractivity contribution >= 4 is 35.0 Å². The molecule has 9 nitrogen and oxygen atoms in total. The summed E-state index contributed by atoms with van der Waals surface area (Å²) in [6.45, 7) is 1.63. The van der Waals surface area contributed by atoms with Crippen LogP contribution in [-0.2, 0) is 4.79 Å². The van der Waals surface area contributed by atoms with Gasteiger partial charge in [-0.2, -0.15) is 4.98 Å². The number of nitrogens with two attached hydrogens (primary N) is 1. The van der Waals surface area contributed by atoms with E-state index in [1.165, 1.54) is 19.0 Å². The summed E-state index contributed by atoms with van der Waals surface area (Å²) in [6.07, 6.45) is 6.83. The number of rotatable bonds is 8. The second kappa shape index (κ2) is 9.20. The molecule has 1 saturated heterocycles. The molecule has 164 valence electrons. The topological polar surface area (TPSA) is 125 Å². The summed E-state index contributed by atoms with van der Waals surface area (Å²) in [5.41, 5.74) is 7.57. The normalized spacial score (nSPS) is 18.4. The van der Waals surface area contributed by atoms with Crippen LogP contribution in [0.25, 0.3) is 0 Å². The molecule has 0 bridgehead atoms. The van der Waals surface area contributed by atoms with Crippen LogP contribution in [0.15, 0.2) is 30.5 Å². The number of anilines is 4. The molecule has 9 heteroatoms. The van der Waals surface area contributed by atoms with Crippen molar-refractivity contribution in [2.45, 2.75) is 38.1 Å². The quantitative estimate of drug-likeness (QED) is 0.513. The number of nitrogens with one attached hydrogen (secondary N) is 3. The van der Waals surface area contributed by atoms with E-state index in [1.807, 2.05) is 24.3 Å². The Balaban J connectivity index is 1.47. The lowest BCUT2D eigenvalue weighted by molar-refractivity contribution is -0.122. The Morgan fingerprint density at radius 2 is 1.94 bits per heavy atom. The summed E-state index contributed by atoms with van der Waals surface area (Å²) in [6, 6.07) is 7.73. The van der Waals surface area contributed by atoms with Crippen LogP contribution in [0, 0.1) is 5.92 Å². The second-order valence-electron chi connectivity index (χ2n) is 8.14. The molecule has 2 amide bonds. The summed E-state index contributed by atoms with van der Waals surface area (Å²) in [4.78, 5) is 34.8. The first-order valence-corrected chi connectivity index (χ1v) is 10.8. The van der Waals surface area contributed by atoms with E-state index >= 15 is 0 Å². The summed E-state index contributed by atoms with van der Waals surface area (Å²) in [5, 5.41) is 9.17. The van der Waals surface area contributed by atoms with Crippen LogP contribution in [0.3, 0.4) is 0 Å². The molecule has 1 atom stereocenters. The lowest BCUT2D eigenvalue weighted by Crippen LogP contribution is -2.48. The number of primary amides is 1. The fourth-order valence-corrected chi connectivity index (χ4v) is 3.87. The van der Waals surface area contributed by atoms with E-state index in [0.717, 1.165) is 43.7 Å². The summed E-state index contributed by atoms with van der Waals surface area (Å²) in [5.74, 6) is 0.970.